The number of benzene rings is 1. The summed E-state index contributed by atoms with van der Waals surface area (Å²) in [6.07, 6.45) is 3.48. The first-order chi connectivity index (χ1) is 7.63. The molecule has 1 amide bonds. The highest BCUT2D eigenvalue weighted by Crippen LogP contribution is 2.14. The Morgan fingerprint density at radius 2 is 2.19 bits per heavy atom. The van der Waals surface area contributed by atoms with Gasteiger partial charge in [-0.15, -0.1) is 0 Å². The number of hydrogen-bond donors (Lipinski definition) is 2. The highest BCUT2D eigenvalue weighted by Gasteiger charge is 2.06. The Balaban J connectivity index is 2.62. The highest BCUT2D eigenvalue weighted by atomic mass is 79.9. The number of nitrogens with two attached hydrogens (primary N) is 1. The number of hydrogen-bond acceptors (Lipinski definition) is 2. The van der Waals surface area contributed by atoms with Gasteiger partial charge in [-0.05, 0) is 18.2 Å². The summed E-state index contributed by atoms with van der Waals surface area (Å²) in [5, 5.41) is 2.62. The average molecular weight is 287 g/mol. The standard InChI is InChI=1S/C11H12BrFN2O/c12-9-5-8(6-10(13)7-9)11(16)15-4-2-1-3-14/h1-2,5-7H,3-4,14H2,(H,15,16)/b2-1+. The molecule has 0 aromatic heterocycles. The normalized spacial score (nSPS) is 10.7. The van der Waals surface area contributed by atoms with Gasteiger partial charge in [0.15, 0.2) is 0 Å². The van der Waals surface area contributed by atoms with Crippen LogP contribution in [-0.4, -0.2) is 19.0 Å². The summed E-state index contributed by atoms with van der Waals surface area (Å²) in [5.41, 5.74) is 5.53. The Morgan fingerprint density at radius 3 is 2.81 bits per heavy atom. The molecule has 0 aliphatic carbocycles. The largest absolute Gasteiger partial charge is 0.349 e. The molecule has 0 unspecified atom stereocenters. The monoisotopic (exact) mass is 286 g/mol. The van der Waals surface area contributed by atoms with E-state index in [1.54, 1.807) is 18.2 Å². The Bertz CT molecular complexity index is 387. The third kappa shape index (κ3) is 4.12. The SMILES string of the molecule is NC/C=C/CNC(=O)c1cc(F)cc(Br)c1. The molecule has 3 nitrogen and oxygen atoms in total. The predicted molar refractivity (Wildman–Crippen MR) is 64.6 cm³/mol. The zero-order valence-electron chi connectivity index (χ0n) is 8.54. The molecule has 0 heterocycles. The molecule has 0 aliphatic heterocycles. The summed E-state index contributed by atoms with van der Waals surface area (Å²) >= 11 is 3.12. The fraction of sp³-hybridized carbons (Fsp3) is 0.182. The molecule has 0 spiro atoms. The van der Waals surface area contributed by atoms with Gasteiger partial charge in [0.05, 0.1) is 0 Å². The van der Waals surface area contributed by atoms with Gasteiger partial charge in [-0.3, -0.25) is 4.79 Å². The van der Waals surface area contributed by atoms with Crippen molar-refractivity contribution >= 4 is 21.8 Å². The van der Waals surface area contributed by atoms with Crippen molar-refractivity contribution < 1.29 is 9.18 Å². The Labute approximate surface area is 102 Å². The maximum Gasteiger partial charge on any atom is 0.251 e. The molecule has 0 saturated carbocycles. The van der Waals surface area contributed by atoms with Gasteiger partial charge in [-0.25, -0.2) is 4.39 Å². The second-order valence-corrected chi connectivity index (χ2v) is 3.99. The van der Waals surface area contributed by atoms with Crippen LogP contribution in [-0.2, 0) is 0 Å². The van der Waals surface area contributed by atoms with Crippen LogP contribution in [0.4, 0.5) is 4.39 Å². The van der Waals surface area contributed by atoms with Gasteiger partial charge < -0.3 is 11.1 Å². The summed E-state index contributed by atoms with van der Waals surface area (Å²) < 4.78 is 13.5. The topological polar surface area (TPSA) is 55.1 Å². The van der Waals surface area contributed by atoms with Gasteiger partial charge >= 0.3 is 0 Å². The van der Waals surface area contributed by atoms with Crippen LogP contribution < -0.4 is 11.1 Å². The van der Waals surface area contributed by atoms with Crippen LogP contribution in [0, 0.1) is 5.82 Å². The van der Waals surface area contributed by atoms with Crippen LogP contribution in [0.1, 0.15) is 10.4 Å². The van der Waals surface area contributed by atoms with E-state index in [1.807, 2.05) is 0 Å². The number of carbonyl (C=O) groups is 1. The van der Waals surface area contributed by atoms with Crippen LogP contribution in [0.15, 0.2) is 34.8 Å². The molecule has 0 aliphatic rings. The van der Waals surface area contributed by atoms with Crippen molar-refractivity contribution in [3.63, 3.8) is 0 Å². The maximum atomic E-state index is 13.0. The number of carbonyl (C=O) groups excluding carboxylic acids is 1. The van der Waals surface area contributed by atoms with Gasteiger partial charge in [0.25, 0.3) is 5.91 Å². The molecule has 3 N–H and O–H groups in total. The van der Waals surface area contributed by atoms with Gasteiger partial charge in [0.1, 0.15) is 5.82 Å². The zero-order chi connectivity index (χ0) is 12.0. The van der Waals surface area contributed by atoms with Crippen LogP contribution in [0.5, 0.6) is 0 Å². The minimum absolute atomic E-state index is 0.285. The molecular formula is C11H12BrFN2O. The minimum atomic E-state index is -0.447. The fourth-order valence-corrected chi connectivity index (χ4v) is 1.58. The molecule has 0 fully saturated rings. The van der Waals surface area contributed by atoms with E-state index in [0.717, 1.165) is 0 Å². The van der Waals surface area contributed by atoms with E-state index >= 15 is 0 Å². The number of halogens is 2. The number of rotatable bonds is 4. The fourth-order valence-electron chi connectivity index (χ4n) is 1.12. The van der Waals surface area contributed by atoms with E-state index < -0.39 is 5.82 Å². The van der Waals surface area contributed by atoms with Crippen LogP contribution in [0.2, 0.25) is 0 Å². The third-order valence-electron chi connectivity index (χ3n) is 1.81. The maximum absolute atomic E-state index is 13.0. The smallest absolute Gasteiger partial charge is 0.251 e. The summed E-state index contributed by atoms with van der Waals surface area (Å²) in [4.78, 5) is 11.5. The molecular weight excluding hydrogens is 275 g/mol. The number of amides is 1. The van der Waals surface area contributed by atoms with Gasteiger partial charge in [0.2, 0.25) is 0 Å². The average Bonchev–Trinajstić information content (AvgIpc) is 2.22. The second-order valence-electron chi connectivity index (χ2n) is 3.08. The van der Waals surface area contributed by atoms with Crippen molar-refractivity contribution in [2.24, 2.45) is 5.73 Å². The van der Waals surface area contributed by atoms with Crippen molar-refractivity contribution in [2.75, 3.05) is 13.1 Å². The lowest BCUT2D eigenvalue weighted by molar-refractivity contribution is 0.0957. The molecule has 0 radical (unpaired) electrons. The molecule has 86 valence electrons. The summed E-state index contributed by atoms with van der Waals surface area (Å²) in [6, 6.07) is 4.04. The molecule has 16 heavy (non-hydrogen) atoms. The quantitative estimate of drug-likeness (QED) is 0.830. The zero-order valence-corrected chi connectivity index (χ0v) is 10.1. The van der Waals surface area contributed by atoms with E-state index in [-0.39, 0.29) is 11.5 Å². The first-order valence-electron chi connectivity index (χ1n) is 4.73. The highest BCUT2D eigenvalue weighted by molar-refractivity contribution is 9.10. The van der Waals surface area contributed by atoms with Crippen molar-refractivity contribution in [3.8, 4) is 0 Å². The summed E-state index contributed by atoms with van der Waals surface area (Å²) in [5.74, 6) is -0.765. The lowest BCUT2D eigenvalue weighted by atomic mass is 10.2. The van der Waals surface area contributed by atoms with E-state index in [9.17, 15) is 9.18 Å². The van der Waals surface area contributed by atoms with Gasteiger partial charge in [0, 0.05) is 23.1 Å². The van der Waals surface area contributed by atoms with Crippen molar-refractivity contribution in [1.82, 2.24) is 5.32 Å². The first kappa shape index (κ1) is 12.9. The lowest BCUT2D eigenvalue weighted by Gasteiger charge is -2.03. The van der Waals surface area contributed by atoms with Gasteiger partial charge in [-0.2, -0.15) is 0 Å². The van der Waals surface area contributed by atoms with Crippen molar-refractivity contribution in [2.45, 2.75) is 0 Å². The van der Waals surface area contributed by atoms with Crippen LogP contribution >= 0.6 is 15.9 Å². The summed E-state index contributed by atoms with van der Waals surface area (Å²) in [7, 11) is 0. The van der Waals surface area contributed by atoms with Crippen molar-refractivity contribution in [3.05, 3.63) is 46.2 Å². The van der Waals surface area contributed by atoms with Crippen LogP contribution in [0.25, 0.3) is 0 Å². The molecule has 0 bridgehead atoms. The number of nitrogens with one attached hydrogen (secondary N) is 1. The molecule has 1 aromatic carbocycles. The lowest BCUT2D eigenvalue weighted by Crippen LogP contribution is -2.23. The van der Waals surface area contributed by atoms with Crippen molar-refractivity contribution in [1.29, 1.82) is 0 Å². The molecule has 0 saturated heterocycles. The van der Waals surface area contributed by atoms with E-state index in [1.165, 1.54) is 12.1 Å². The summed E-state index contributed by atoms with van der Waals surface area (Å²) in [6.45, 7) is 0.811. The molecule has 1 aromatic rings. The Hall–Kier alpha value is -1.20. The van der Waals surface area contributed by atoms with Gasteiger partial charge in [-0.1, -0.05) is 28.1 Å². The Kier molecular flexibility index (Phi) is 5.14. The first-order valence-corrected chi connectivity index (χ1v) is 5.52. The third-order valence-corrected chi connectivity index (χ3v) is 2.27. The molecule has 1 rings (SSSR count). The molecule has 5 heteroatoms. The predicted octanol–water partition coefficient (Wildman–Crippen LogP) is 1.83. The second kappa shape index (κ2) is 6.40. The van der Waals surface area contributed by atoms with E-state index in [0.29, 0.717) is 17.6 Å². The Morgan fingerprint density at radius 1 is 1.44 bits per heavy atom. The van der Waals surface area contributed by atoms with E-state index in [2.05, 4.69) is 21.2 Å². The molecule has 0 atom stereocenters. The van der Waals surface area contributed by atoms with E-state index in [4.69, 9.17) is 5.73 Å². The van der Waals surface area contributed by atoms with Crippen LogP contribution in [0.3, 0.4) is 0 Å². The minimum Gasteiger partial charge on any atom is -0.349 e.